The highest BCUT2D eigenvalue weighted by atomic mass is 32.2. The van der Waals surface area contributed by atoms with Crippen molar-refractivity contribution in [1.29, 1.82) is 0 Å². The first-order valence-electron chi connectivity index (χ1n) is 5.46. The van der Waals surface area contributed by atoms with E-state index in [4.69, 9.17) is 17.4 Å². The Morgan fingerprint density at radius 3 is 2.58 bits per heavy atom. The molecule has 0 bridgehead atoms. The topological polar surface area (TPSA) is 105 Å². The molecule has 0 aliphatic rings. The summed E-state index contributed by atoms with van der Waals surface area (Å²) in [4.78, 5) is 0.185. The van der Waals surface area contributed by atoms with Crippen LogP contribution in [0.5, 0.6) is 0 Å². The molecular weight excluding hydrogens is 266 g/mol. The van der Waals surface area contributed by atoms with Crippen molar-refractivity contribution in [3.63, 3.8) is 0 Å². The molecule has 0 spiro atoms. The Bertz CT molecular complexity index is 586. The molecule has 1 aromatic rings. The molecule has 0 atom stereocenters. The Hall–Kier alpha value is -2.04. The lowest BCUT2D eigenvalue weighted by Crippen LogP contribution is -2.23. The number of hydrogen-bond donors (Lipinski definition) is 3. The molecule has 0 unspecified atom stereocenters. The minimum absolute atomic E-state index is 0.0440. The number of nitrogens with zero attached hydrogens (tertiary/aromatic N) is 1. The van der Waals surface area contributed by atoms with Crippen LogP contribution in [-0.4, -0.2) is 38.3 Å². The Morgan fingerprint density at radius 1 is 1.42 bits per heavy atom. The van der Waals surface area contributed by atoms with E-state index in [-0.39, 0.29) is 23.0 Å². The van der Waals surface area contributed by atoms with Gasteiger partial charge in [0.15, 0.2) is 15.7 Å². The molecule has 0 radical (unpaired) electrons. The Labute approximate surface area is 112 Å². The Morgan fingerprint density at radius 2 is 2.05 bits per heavy atom. The number of terminal acetylenes is 1. The van der Waals surface area contributed by atoms with Crippen molar-refractivity contribution in [1.82, 2.24) is 5.32 Å². The van der Waals surface area contributed by atoms with Crippen LogP contribution in [0.4, 0.5) is 0 Å². The van der Waals surface area contributed by atoms with Crippen LogP contribution in [-0.2, 0) is 9.84 Å². The summed E-state index contributed by atoms with van der Waals surface area (Å²) in [6.45, 7) is 0.618. The van der Waals surface area contributed by atoms with Gasteiger partial charge in [0.1, 0.15) is 0 Å². The summed E-state index contributed by atoms with van der Waals surface area (Å²) in [6, 6.07) is 5.81. The molecule has 0 amide bonds. The lowest BCUT2D eigenvalue weighted by atomic mass is 10.2. The lowest BCUT2D eigenvalue weighted by molar-refractivity contribution is 0.318. The largest absolute Gasteiger partial charge is 0.409 e. The van der Waals surface area contributed by atoms with Gasteiger partial charge in [-0.15, -0.1) is 6.42 Å². The van der Waals surface area contributed by atoms with Crippen molar-refractivity contribution in [3.05, 3.63) is 29.8 Å². The van der Waals surface area contributed by atoms with Gasteiger partial charge in [-0.1, -0.05) is 11.1 Å². The third-order valence-corrected chi connectivity index (χ3v) is 4.12. The zero-order valence-electron chi connectivity index (χ0n) is 10.2. The molecule has 0 aliphatic carbocycles. The third-order valence-electron chi connectivity index (χ3n) is 2.39. The predicted octanol–water partition coefficient (Wildman–Crippen LogP) is -0.222. The number of nitrogens with two attached hydrogens (primary N) is 1. The Balaban J connectivity index is 2.77. The zero-order chi connectivity index (χ0) is 14.3. The standard InChI is InChI=1S/C12H15N3O3S/c1-2-7-14-8-9-19(17,18)11-5-3-10(4-6-11)12(13)15-16/h1,3-6,14,16H,7-9H2,(H2,13,15). The third kappa shape index (κ3) is 4.28. The highest BCUT2D eigenvalue weighted by molar-refractivity contribution is 7.91. The molecule has 0 fully saturated rings. The summed E-state index contributed by atoms with van der Waals surface area (Å²) in [5.41, 5.74) is 5.84. The average Bonchev–Trinajstić information content (AvgIpc) is 2.43. The fraction of sp³-hybridized carbons (Fsp3) is 0.250. The van der Waals surface area contributed by atoms with Crippen molar-refractivity contribution in [2.24, 2.45) is 10.9 Å². The van der Waals surface area contributed by atoms with Crippen LogP contribution in [0, 0.1) is 12.3 Å². The lowest BCUT2D eigenvalue weighted by Gasteiger charge is -2.05. The van der Waals surface area contributed by atoms with E-state index in [0.717, 1.165) is 0 Å². The van der Waals surface area contributed by atoms with Crippen LogP contribution in [0.25, 0.3) is 0 Å². The number of amidine groups is 1. The molecule has 4 N–H and O–H groups in total. The van der Waals surface area contributed by atoms with Gasteiger partial charge >= 0.3 is 0 Å². The summed E-state index contributed by atoms with van der Waals surface area (Å²) in [6.07, 6.45) is 5.04. The van der Waals surface area contributed by atoms with Crippen molar-refractivity contribution >= 4 is 15.7 Å². The fourth-order valence-electron chi connectivity index (χ4n) is 1.38. The fourth-order valence-corrected chi connectivity index (χ4v) is 2.58. The minimum atomic E-state index is -3.36. The van der Waals surface area contributed by atoms with E-state index in [2.05, 4.69) is 16.4 Å². The van der Waals surface area contributed by atoms with Crippen molar-refractivity contribution in [3.8, 4) is 12.3 Å². The first-order chi connectivity index (χ1) is 9.01. The summed E-state index contributed by atoms with van der Waals surface area (Å²) >= 11 is 0. The van der Waals surface area contributed by atoms with E-state index >= 15 is 0 Å². The first kappa shape index (κ1) is 15.0. The van der Waals surface area contributed by atoms with Crippen LogP contribution >= 0.6 is 0 Å². The molecule has 1 rings (SSSR count). The van der Waals surface area contributed by atoms with Gasteiger partial charge in [0, 0.05) is 12.1 Å². The second kappa shape index (κ2) is 6.78. The summed E-state index contributed by atoms with van der Waals surface area (Å²) < 4.78 is 23.9. The molecule has 19 heavy (non-hydrogen) atoms. The van der Waals surface area contributed by atoms with E-state index in [1.807, 2.05) is 0 Å². The van der Waals surface area contributed by atoms with Crippen LogP contribution in [0.15, 0.2) is 34.3 Å². The SMILES string of the molecule is C#CCNCCS(=O)(=O)c1ccc(/C(N)=N\O)cc1. The molecule has 0 saturated heterocycles. The average molecular weight is 281 g/mol. The zero-order valence-corrected chi connectivity index (χ0v) is 11.0. The van der Waals surface area contributed by atoms with E-state index in [1.54, 1.807) is 0 Å². The monoisotopic (exact) mass is 281 g/mol. The van der Waals surface area contributed by atoms with Crippen LogP contribution < -0.4 is 11.1 Å². The van der Waals surface area contributed by atoms with Gasteiger partial charge < -0.3 is 16.3 Å². The van der Waals surface area contributed by atoms with Gasteiger partial charge in [0.25, 0.3) is 0 Å². The summed E-state index contributed by atoms with van der Waals surface area (Å²) in [5, 5.41) is 14.2. The number of oxime groups is 1. The summed E-state index contributed by atoms with van der Waals surface area (Å²) in [5.74, 6) is 2.25. The highest BCUT2D eigenvalue weighted by Crippen LogP contribution is 2.12. The van der Waals surface area contributed by atoms with Gasteiger partial charge in [-0.25, -0.2) is 8.42 Å². The normalized spacial score (nSPS) is 12.1. The molecule has 6 nitrogen and oxygen atoms in total. The molecule has 102 valence electrons. The maximum absolute atomic E-state index is 11.9. The number of benzene rings is 1. The molecular formula is C12H15N3O3S. The number of nitrogens with one attached hydrogen (secondary N) is 1. The predicted molar refractivity (Wildman–Crippen MR) is 72.7 cm³/mol. The van der Waals surface area contributed by atoms with Crippen molar-refractivity contribution in [2.75, 3.05) is 18.8 Å². The Kier molecular flexibility index (Phi) is 5.36. The van der Waals surface area contributed by atoms with Crippen molar-refractivity contribution < 1.29 is 13.6 Å². The van der Waals surface area contributed by atoms with Gasteiger partial charge in [0.05, 0.1) is 17.2 Å². The molecule has 0 heterocycles. The van der Waals surface area contributed by atoms with E-state index in [9.17, 15) is 8.42 Å². The first-order valence-corrected chi connectivity index (χ1v) is 7.11. The molecule has 0 saturated carbocycles. The second-order valence-electron chi connectivity index (χ2n) is 3.71. The van der Waals surface area contributed by atoms with Crippen LogP contribution in [0.2, 0.25) is 0 Å². The van der Waals surface area contributed by atoms with Gasteiger partial charge in [-0.3, -0.25) is 0 Å². The quantitative estimate of drug-likeness (QED) is 0.167. The van der Waals surface area contributed by atoms with E-state index < -0.39 is 9.84 Å². The second-order valence-corrected chi connectivity index (χ2v) is 5.82. The van der Waals surface area contributed by atoms with Gasteiger partial charge in [-0.05, 0) is 24.3 Å². The number of hydrogen-bond acceptors (Lipinski definition) is 5. The number of sulfone groups is 1. The highest BCUT2D eigenvalue weighted by Gasteiger charge is 2.14. The molecule has 1 aromatic carbocycles. The van der Waals surface area contributed by atoms with Crippen molar-refractivity contribution in [2.45, 2.75) is 4.90 Å². The number of rotatable bonds is 6. The van der Waals surface area contributed by atoms with E-state index in [0.29, 0.717) is 12.1 Å². The van der Waals surface area contributed by atoms with Crippen LogP contribution in [0.1, 0.15) is 5.56 Å². The maximum Gasteiger partial charge on any atom is 0.179 e. The molecule has 0 aliphatic heterocycles. The van der Waals surface area contributed by atoms with Gasteiger partial charge in [0.2, 0.25) is 0 Å². The van der Waals surface area contributed by atoms with Gasteiger partial charge in [-0.2, -0.15) is 0 Å². The molecule has 0 aromatic heterocycles. The van der Waals surface area contributed by atoms with Crippen LogP contribution in [0.3, 0.4) is 0 Å². The summed E-state index contributed by atoms with van der Waals surface area (Å²) in [7, 11) is -3.36. The van der Waals surface area contributed by atoms with E-state index in [1.165, 1.54) is 24.3 Å². The molecule has 7 heteroatoms. The minimum Gasteiger partial charge on any atom is -0.409 e. The smallest absolute Gasteiger partial charge is 0.179 e. The maximum atomic E-state index is 11.9.